The van der Waals surface area contributed by atoms with Crippen LogP contribution in [0.4, 0.5) is 0 Å². The Morgan fingerprint density at radius 2 is 1.85 bits per heavy atom. The maximum absolute atomic E-state index is 6.45. The van der Waals surface area contributed by atoms with Gasteiger partial charge in [0.15, 0.2) is 0 Å². The van der Waals surface area contributed by atoms with E-state index in [2.05, 4.69) is 17.1 Å². The molecule has 1 atom stereocenters. The second-order valence-electron chi connectivity index (χ2n) is 6.65. The van der Waals surface area contributed by atoms with Crippen LogP contribution in [0, 0.1) is 0 Å². The molecule has 1 aliphatic heterocycles. The van der Waals surface area contributed by atoms with Gasteiger partial charge in [-0.05, 0) is 39.0 Å². The number of rotatable bonds is 3. The molecule has 2 heterocycles. The first-order valence-corrected chi connectivity index (χ1v) is 7.86. The highest BCUT2D eigenvalue weighted by Gasteiger charge is 2.36. The van der Waals surface area contributed by atoms with Crippen molar-refractivity contribution in [1.29, 1.82) is 0 Å². The van der Waals surface area contributed by atoms with Crippen molar-refractivity contribution in [3.63, 3.8) is 0 Å². The molecule has 1 unspecified atom stereocenters. The molecule has 5 heteroatoms. The molecule has 112 valence electrons. The van der Waals surface area contributed by atoms with Gasteiger partial charge in [0.25, 0.3) is 0 Å². The van der Waals surface area contributed by atoms with Gasteiger partial charge in [-0.2, -0.15) is 4.98 Å². The predicted molar refractivity (Wildman–Crippen MR) is 75.2 cm³/mol. The molecule has 1 aromatic heterocycles. The van der Waals surface area contributed by atoms with Gasteiger partial charge in [-0.1, -0.05) is 24.4 Å². The van der Waals surface area contributed by atoms with Crippen LogP contribution < -0.4 is 5.73 Å². The Morgan fingerprint density at radius 3 is 2.55 bits per heavy atom. The molecule has 2 aliphatic rings. The fourth-order valence-corrected chi connectivity index (χ4v) is 3.39. The smallest absolute Gasteiger partial charge is 0.228 e. The van der Waals surface area contributed by atoms with Crippen molar-refractivity contribution in [3.05, 3.63) is 11.7 Å². The lowest BCUT2D eigenvalue weighted by Gasteiger charge is -2.32. The molecular weight excluding hydrogens is 254 g/mol. The highest BCUT2D eigenvalue weighted by Crippen LogP contribution is 2.34. The Kier molecular flexibility index (Phi) is 3.82. The van der Waals surface area contributed by atoms with Gasteiger partial charge in [-0.3, -0.25) is 0 Å². The molecule has 0 bridgehead atoms. The Balaban J connectivity index is 1.70. The van der Waals surface area contributed by atoms with Gasteiger partial charge < -0.3 is 15.0 Å². The summed E-state index contributed by atoms with van der Waals surface area (Å²) >= 11 is 0. The second kappa shape index (κ2) is 5.45. The van der Waals surface area contributed by atoms with Crippen LogP contribution in [0.2, 0.25) is 0 Å². The summed E-state index contributed by atoms with van der Waals surface area (Å²) in [6, 6.07) is 0. The van der Waals surface area contributed by atoms with E-state index in [9.17, 15) is 0 Å². The molecule has 0 spiro atoms. The van der Waals surface area contributed by atoms with Crippen LogP contribution >= 0.6 is 0 Å². The molecular formula is C15H25N3O2. The Hall–Kier alpha value is -0.940. The van der Waals surface area contributed by atoms with Crippen molar-refractivity contribution in [2.45, 2.75) is 75.9 Å². The molecule has 2 fully saturated rings. The van der Waals surface area contributed by atoms with E-state index in [-0.39, 0.29) is 11.1 Å². The molecule has 0 aromatic carbocycles. The summed E-state index contributed by atoms with van der Waals surface area (Å²) in [7, 11) is 0. The van der Waals surface area contributed by atoms with Gasteiger partial charge in [0.2, 0.25) is 11.7 Å². The van der Waals surface area contributed by atoms with Gasteiger partial charge >= 0.3 is 0 Å². The van der Waals surface area contributed by atoms with Crippen LogP contribution in [0.15, 0.2) is 4.52 Å². The van der Waals surface area contributed by atoms with Gasteiger partial charge in [0.05, 0.1) is 0 Å². The molecule has 1 aromatic rings. The largest absolute Gasteiger partial charge is 0.367 e. The zero-order valence-corrected chi connectivity index (χ0v) is 12.4. The van der Waals surface area contributed by atoms with E-state index in [1.807, 2.05) is 0 Å². The number of hydrogen-bond donors (Lipinski definition) is 1. The van der Waals surface area contributed by atoms with E-state index >= 15 is 0 Å². The predicted octanol–water partition coefficient (Wildman–Crippen LogP) is 2.69. The summed E-state index contributed by atoms with van der Waals surface area (Å²) < 4.78 is 11.3. The van der Waals surface area contributed by atoms with Gasteiger partial charge in [-0.15, -0.1) is 0 Å². The second-order valence-corrected chi connectivity index (χ2v) is 6.65. The topological polar surface area (TPSA) is 74.2 Å². The number of hydrogen-bond acceptors (Lipinski definition) is 5. The maximum atomic E-state index is 6.45. The first kappa shape index (κ1) is 14.0. The van der Waals surface area contributed by atoms with Crippen LogP contribution in [0.3, 0.4) is 0 Å². The monoisotopic (exact) mass is 279 g/mol. The van der Waals surface area contributed by atoms with Crippen LogP contribution in [-0.4, -0.2) is 22.3 Å². The fraction of sp³-hybridized carbons (Fsp3) is 0.867. The lowest BCUT2D eigenvalue weighted by Crippen LogP contribution is -2.43. The van der Waals surface area contributed by atoms with Crippen LogP contribution in [0.5, 0.6) is 0 Å². The third kappa shape index (κ3) is 2.88. The quantitative estimate of drug-likeness (QED) is 0.920. The van der Waals surface area contributed by atoms with E-state index < -0.39 is 0 Å². The third-order valence-corrected chi connectivity index (χ3v) is 4.76. The summed E-state index contributed by atoms with van der Waals surface area (Å²) in [6.45, 7) is 2.83. The van der Waals surface area contributed by atoms with Crippen molar-refractivity contribution in [3.8, 4) is 0 Å². The van der Waals surface area contributed by atoms with E-state index in [4.69, 9.17) is 15.0 Å². The number of nitrogens with two attached hydrogens (primary N) is 1. The standard InChI is InChI=1S/C15H25N3O2/c1-14(7-5-6-10-19-14)13-17-12(20-18-13)11-15(16)8-3-2-4-9-15/h2-11,16H2,1H3. The normalized spacial score (nSPS) is 30.3. The van der Waals surface area contributed by atoms with Gasteiger partial charge in [-0.25, -0.2) is 0 Å². The molecule has 0 amide bonds. The minimum atomic E-state index is -0.381. The molecule has 20 heavy (non-hydrogen) atoms. The average molecular weight is 279 g/mol. The Morgan fingerprint density at radius 1 is 1.10 bits per heavy atom. The van der Waals surface area contributed by atoms with Gasteiger partial charge in [0, 0.05) is 18.6 Å². The summed E-state index contributed by atoms with van der Waals surface area (Å²) in [6.07, 6.45) is 9.73. The van der Waals surface area contributed by atoms with Crippen LogP contribution in [0.1, 0.15) is 70.0 Å². The lowest BCUT2D eigenvalue weighted by molar-refractivity contribution is -0.0770. The third-order valence-electron chi connectivity index (χ3n) is 4.76. The average Bonchev–Trinajstić information content (AvgIpc) is 2.89. The molecule has 0 radical (unpaired) electrons. The van der Waals surface area contributed by atoms with Crippen molar-refractivity contribution in [2.24, 2.45) is 5.73 Å². The van der Waals surface area contributed by atoms with E-state index in [1.165, 1.54) is 19.3 Å². The number of ether oxygens (including phenoxy) is 1. The van der Waals surface area contributed by atoms with Crippen LogP contribution in [0.25, 0.3) is 0 Å². The first-order valence-electron chi connectivity index (χ1n) is 7.86. The van der Waals surface area contributed by atoms with E-state index in [1.54, 1.807) is 0 Å². The fourth-order valence-electron chi connectivity index (χ4n) is 3.39. The molecule has 1 aliphatic carbocycles. The van der Waals surface area contributed by atoms with Crippen molar-refractivity contribution >= 4 is 0 Å². The summed E-state index contributed by atoms with van der Waals surface area (Å²) in [4.78, 5) is 4.56. The minimum Gasteiger partial charge on any atom is -0.367 e. The van der Waals surface area contributed by atoms with Crippen molar-refractivity contribution in [2.75, 3.05) is 6.61 Å². The lowest BCUT2D eigenvalue weighted by atomic mass is 9.80. The maximum Gasteiger partial charge on any atom is 0.228 e. The zero-order valence-electron chi connectivity index (χ0n) is 12.4. The highest BCUT2D eigenvalue weighted by molar-refractivity contribution is 5.03. The van der Waals surface area contributed by atoms with Gasteiger partial charge in [0.1, 0.15) is 5.60 Å². The molecule has 2 N–H and O–H groups in total. The highest BCUT2D eigenvalue weighted by atomic mass is 16.5. The minimum absolute atomic E-state index is 0.156. The summed E-state index contributed by atoms with van der Waals surface area (Å²) in [5.41, 5.74) is 5.92. The number of nitrogens with zero attached hydrogens (tertiary/aromatic N) is 2. The van der Waals surface area contributed by atoms with Crippen LogP contribution in [-0.2, 0) is 16.8 Å². The number of aromatic nitrogens is 2. The molecule has 1 saturated carbocycles. The molecule has 1 saturated heterocycles. The molecule has 5 nitrogen and oxygen atoms in total. The zero-order chi connectivity index (χ0) is 14.1. The Labute approximate surface area is 120 Å². The molecule has 3 rings (SSSR count). The van der Waals surface area contributed by atoms with Crippen molar-refractivity contribution < 1.29 is 9.26 Å². The summed E-state index contributed by atoms with van der Waals surface area (Å²) in [5.74, 6) is 1.35. The van der Waals surface area contributed by atoms with E-state index in [0.29, 0.717) is 18.1 Å². The Bertz CT molecular complexity index is 446. The SMILES string of the molecule is CC1(c2noc(CC3(N)CCCCC3)n2)CCCCO1. The van der Waals surface area contributed by atoms with E-state index in [0.717, 1.165) is 38.7 Å². The first-order chi connectivity index (χ1) is 9.60. The summed E-state index contributed by atoms with van der Waals surface area (Å²) in [5, 5.41) is 4.14. The van der Waals surface area contributed by atoms with Crippen molar-refractivity contribution in [1.82, 2.24) is 10.1 Å².